The summed E-state index contributed by atoms with van der Waals surface area (Å²) < 4.78 is 0. The number of aromatic hydroxyl groups is 1. The van der Waals surface area contributed by atoms with Crippen LogP contribution in [-0.4, -0.2) is 56.1 Å². The number of carbonyl (C=O) groups excluding carboxylic acids is 5. The minimum atomic E-state index is -2.94. The van der Waals surface area contributed by atoms with Gasteiger partial charge in [-0.1, -0.05) is 32.9 Å². The van der Waals surface area contributed by atoms with E-state index >= 15 is 0 Å². The van der Waals surface area contributed by atoms with E-state index in [2.05, 4.69) is 6.07 Å². The summed E-state index contributed by atoms with van der Waals surface area (Å²) in [6.45, 7) is 5.38. The summed E-state index contributed by atoms with van der Waals surface area (Å²) in [5.74, 6) is -13.0. The predicted octanol–water partition coefficient (Wildman–Crippen LogP) is 0.830. The number of hydrogen-bond donors (Lipinski definition) is 4. The largest absolute Gasteiger partial charge is 0.507 e. The fourth-order valence-corrected chi connectivity index (χ4v) is 6.64. The fraction of sp³-hybridized carbons (Fsp3) is 0.556. The van der Waals surface area contributed by atoms with Gasteiger partial charge in [-0.05, 0) is 29.7 Å². The number of unbranched alkanes of at least 4 members (excludes halogenated alkanes) is 1. The summed E-state index contributed by atoms with van der Waals surface area (Å²) >= 11 is 0. The Morgan fingerprint density at radius 1 is 1.22 bits per heavy atom. The number of phenolic OH excluding ortho intramolecular Hbond substituents is 1. The first-order valence-electron chi connectivity index (χ1n) is 12.3. The second kappa shape index (κ2) is 8.85. The number of primary amides is 1. The zero-order valence-electron chi connectivity index (χ0n) is 20.9. The molecule has 0 aliphatic heterocycles. The van der Waals surface area contributed by atoms with Gasteiger partial charge in [-0.2, -0.15) is 5.26 Å². The Balaban J connectivity index is 1.83. The van der Waals surface area contributed by atoms with E-state index in [0.29, 0.717) is 30.4 Å². The van der Waals surface area contributed by atoms with Crippen LogP contribution in [0.4, 0.5) is 0 Å². The first kappa shape index (κ1) is 26.6. The molecule has 2 fully saturated rings. The molecule has 0 spiro atoms. The average Bonchev–Trinajstić information content (AvgIpc) is 2.81. The maximum Gasteiger partial charge on any atom is 0.235 e. The van der Waals surface area contributed by atoms with Crippen molar-refractivity contribution >= 4 is 29.0 Å². The van der Waals surface area contributed by atoms with Gasteiger partial charge in [-0.15, -0.1) is 0 Å². The number of hydrogen-bond acceptors (Lipinski definition) is 9. The van der Waals surface area contributed by atoms with Crippen molar-refractivity contribution in [3.63, 3.8) is 0 Å². The molecule has 10 nitrogen and oxygen atoms in total. The zero-order chi connectivity index (χ0) is 27.6. The lowest BCUT2D eigenvalue weighted by Crippen LogP contribution is -2.72. The van der Waals surface area contributed by atoms with E-state index in [1.54, 1.807) is 19.1 Å². The number of aliphatic hydroxyl groups is 2. The van der Waals surface area contributed by atoms with E-state index in [1.165, 1.54) is 0 Å². The second-order valence-electron chi connectivity index (χ2n) is 11.1. The number of nitrogens with two attached hydrogens (primary N) is 1. The lowest BCUT2D eigenvalue weighted by molar-refractivity contribution is -0.189. The Bertz CT molecular complexity index is 1280. The highest BCUT2D eigenvalue weighted by atomic mass is 16.3. The third-order valence-electron chi connectivity index (χ3n) is 8.68. The minimum Gasteiger partial charge on any atom is -0.507 e. The highest BCUT2D eigenvalue weighted by Crippen LogP contribution is 2.54. The van der Waals surface area contributed by atoms with E-state index in [0.717, 1.165) is 0 Å². The number of aliphatic hydroxyl groups excluding tert-OH is 1. The number of nitrogens with zero attached hydrogens (tertiary/aromatic N) is 1. The predicted molar refractivity (Wildman–Crippen MR) is 127 cm³/mol. The summed E-state index contributed by atoms with van der Waals surface area (Å²) in [6, 6.07) is 5.42. The molecule has 0 aromatic heterocycles. The van der Waals surface area contributed by atoms with Crippen molar-refractivity contribution in [2.45, 2.75) is 69.5 Å². The Morgan fingerprint density at radius 3 is 2.46 bits per heavy atom. The molecule has 0 radical (unpaired) electrons. The van der Waals surface area contributed by atoms with Crippen LogP contribution in [0.1, 0.15) is 73.9 Å². The van der Waals surface area contributed by atoms with Gasteiger partial charge in [-0.3, -0.25) is 24.0 Å². The molecule has 37 heavy (non-hydrogen) atoms. The SMILES string of the molecule is C[C@H]1c2ccc(C(C)(C)CCCC#N)c(O)c2C(=O)C2C(=O)[C@]3(O)C(=O)C(C(N)=O)C(=O)C[C@@H]3[C@@H](O)[C@@H]21. The first-order chi connectivity index (χ1) is 17.2. The van der Waals surface area contributed by atoms with E-state index < -0.39 is 82.2 Å². The quantitative estimate of drug-likeness (QED) is 0.327. The maximum absolute atomic E-state index is 13.8. The first-order valence-corrected chi connectivity index (χ1v) is 12.3. The molecular weight excluding hydrogens is 480 g/mol. The Morgan fingerprint density at radius 2 is 1.86 bits per heavy atom. The Kier molecular flexibility index (Phi) is 6.37. The number of rotatable bonds is 5. The van der Waals surface area contributed by atoms with Gasteiger partial charge in [0.2, 0.25) is 5.91 Å². The summed E-state index contributed by atoms with van der Waals surface area (Å²) in [5, 5.41) is 42.7. The number of fused-ring (bicyclic) bond motifs is 3. The van der Waals surface area contributed by atoms with Gasteiger partial charge >= 0.3 is 0 Å². The molecule has 2 saturated carbocycles. The highest BCUT2D eigenvalue weighted by Gasteiger charge is 2.69. The van der Waals surface area contributed by atoms with Gasteiger partial charge in [-0.25, -0.2) is 0 Å². The monoisotopic (exact) mass is 510 g/mol. The molecule has 10 heteroatoms. The molecule has 1 aromatic carbocycles. The van der Waals surface area contributed by atoms with E-state index in [1.807, 2.05) is 13.8 Å². The third-order valence-corrected chi connectivity index (χ3v) is 8.68. The molecule has 2 unspecified atom stereocenters. The highest BCUT2D eigenvalue weighted by molar-refractivity contribution is 6.31. The van der Waals surface area contributed by atoms with Crippen molar-refractivity contribution in [2.24, 2.45) is 29.4 Å². The molecule has 7 atom stereocenters. The van der Waals surface area contributed by atoms with Crippen LogP contribution < -0.4 is 5.73 Å². The van der Waals surface area contributed by atoms with Crippen molar-refractivity contribution < 1.29 is 39.3 Å². The third kappa shape index (κ3) is 3.63. The van der Waals surface area contributed by atoms with Gasteiger partial charge in [0.1, 0.15) is 5.75 Å². The van der Waals surface area contributed by atoms with Gasteiger partial charge in [0, 0.05) is 30.2 Å². The van der Waals surface area contributed by atoms with Crippen LogP contribution in [0.15, 0.2) is 12.1 Å². The van der Waals surface area contributed by atoms with Gasteiger partial charge in [0.15, 0.2) is 34.7 Å². The molecule has 196 valence electrons. The second-order valence-corrected chi connectivity index (χ2v) is 11.1. The molecule has 5 N–H and O–H groups in total. The number of Topliss-reactive ketones (excluding diaryl/α,β-unsaturated/α-hetero) is 4. The van der Waals surface area contributed by atoms with Crippen LogP contribution in [0.3, 0.4) is 0 Å². The van der Waals surface area contributed by atoms with Gasteiger partial charge in [0.25, 0.3) is 0 Å². The Hall–Kier alpha value is -3.42. The number of nitriles is 1. The Labute approximate surface area is 213 Å². The van der Waals surface area contributed by atoms with Crippen molar-refractivity contribution in [3.05, 3.63) is 28.8 Å². The molecule has 0 heterocycles. The number of benzene rings is 1. The molecule has 1 amide bonds. The molecule has 0 saturated heterocycles. The summed E-state index contributed by atoms with van der Waals surface area (Å²) in [7, 11) is 0. The topological polar surface area (TPSA) is 196 Å². The molecule has 3 aliphatic carbocycles. The van der Waals surface area contributed by atoms with Crippen LogP contribution in [0.25, 0.3) is 0 Å². The van der Waals surface area contributed by atoms with Crippen molar-refractivity contribution in [1.29, 1.82) is 5.26 Å². The lowest BCUT2D eigenvalue weighted by atomic mass is 9.50. The minimum absolute atomic E-state index is 0.118. The van der Waals surface area contributed by atoms with Crippen LogP contribution in [0.5, 0.6) is 5.75 Å². The summed E-state index contributed by atoms with van der Waals surface area (Å²) in [5.41, 5.74) is 2.36. The maximum atomic E-state index is 13.8. The van der Waals surface area contributed by atoms with Crippen LogP contribution >= 0.6 is 0 Å². The lowest BCUT2D eigenvalue weighted by Gasteiger charge is -2.53. The summed E-state index contributed by atoms with van der Waals surface area (Å²) in [6.07, 6.45) is -0.787. The van der Waals surface area contributed by atoms with E-state index in [9.17, 15) is 39.3 Å². The fourth-order valence-electron chi connectivity index (χ4n) is 6.64. The molecule has 1 aromatic rings. The van der Waals surface area contributed by atoms with Gasteiger partial charge < -0.3 is 21.1 Å². The van der Waals surface area contributed by atoms with Crippen molar-refractivity contribution in [3.8, 4) is 11.8 Å². The summed E-state index contributed by atoms with van der Waals surface area (Å²) in [4.78, 5) is 64.9. The average molecular weight is 511 g/mol. The molecule has 3 aliphatic rings. The standard InChI is InChI=1S/C27H30N2O8/c1-11-12-6-7-13(26(2,3)8-4-5-9-28)20(31)17(12)22(33)19-16(11)21(32)14-10-15(30)18(25(29)36)23(34)27(14,37)24(19)35/h6-7,11,14,16,18-19,21,31-32,37H,4-5,8,10H2,1-3H3,(H2,29,36)/t11-,14+,16+,18?,19?,21+,27+/m0/s1. The molecule has 4 rings (SSSR count). The van der Waals surface area contributed by atoms with Crippen LogP contribution in [0.2, 0.25) is 0 Å². The number of carbonyl (C=O) groups is 5. The van der Waals surface area contributed by atoms with E-state index in [-0.39, 0.29) is 11.3 Å². The number of amides is 1. The molecular formula is C27H30N2O8. The zero-order valence-corrected chi connectivity index (χ0v) is 20.9. The van der Waals surface area contributed by atoms with Crippen LogP contribution in [-0.2, 0) is 24.6 Å². The number of phenols is 1. The normalized spacial score (nSPS) is 33.3. The van der Waals surface area contributed by atoms with Gasteiger partial charge in [0.05, 0.1) is 23.7 Å². The number of ketones is 4. The van der Waals surface area contributed by atoms with Crippen molar-refractivity contribution in [2.75, 3.05) is 0 Å². The van der Waals surface area contributed by atoms with Crippen LogP contribution in [0, 0.1) is 35.0 Å². The smallest absolute Gasteiger partial charge is 0.235 e. The van der Waals surface area contributed by atoms with E-state index in [4.69, 9.17) is 11.0 Å². The van der Waals surface area contributed by atoms with Crippen molar-refractivity contribution in [1.82, 2.24) is 0 Å². The molecule has 0 bridgehead atoms.